The SMILES string of the molecule is C/N=C(/C=C\NC)C(C)C. The van der Waals surface area contributed by atoms with Crippen LogP contribution in [-0.4, -0.2) is 19.8 Å². The summed E-state index contributed by atoms with van der Waals surface area (Å²) >= 11 is 0. The van der Waals surface area contributed by atoms with E-state index in [-0.39, 0.29) is 0 Å². The zero-order valence-corrected chi connectivity index (χ0v) is 7.18. The Kier molecular flexibility index (Phi) is 4.63. The van der Waals surface area contributed by atoms with Crippen LogP contribution in [0.25, 0.3) is 0 Å². The summed E-state index contributed by atoms with van der Waals surface area (Å²) < 4.78 is 0. The van der Waals surface area contributed by atoms with E-state index in [0.717, 1.165) is 5.71 Å². The average Bonchev–Trinajstić information content (AvgIpc) is 1.89. The molecule has 0 saturated carbocycles. The Morgan fingerprint density at radius 1 is 1.50 bits per heavy atom. The van der Waals surface area contributed by atoms with Gasteiger partial charge in [-0.2, -0.15) is 0 Å². The van der Waals surface area contributed by atoms with Gasteiger partial charge in [-0.3, -0.25) is 4.99 Å². The second kappa shape index (κ2) is 5.03. The lowest BCUT2D eigenvalue weighted by Gasteiger charge is -2.02. The lowest BCUT2D eigenvalue weighted by molar-refractivity contribution is 0.884. The smallest absolute Gasteiger partial charge is 0.0384 e. The van der Waals surface area contributed by atoms with Crippen molar-refractivity contribution in [1.29, 1.82) is 0 Å². The predicted molar refractivity (Wildman–Crippen MR) is 46.4 cm³/mol. The predicted octanol–water partition coefficient (Wildman–Crippen LogP) is 1.45. The lowest BCUT2D eigenvalue weighted by atomic mass is 10.1. The Morgan fingerprint density at radius 2 is 2.10 bits per heavy atom. The largest absolute Gasteiger partial charge is 0.394 e. The van der Waals surface area contributed by atoms with Gasteiger partial charge in [0.15, 0.2) is 0 Å². The van der Waals surface area contributed by atoms with Gasteiger partial charge >= 0.3 is 0 Å². The lowest BCUT2D eigenvalue weighted by Crippen LogP contribution is -2.05. The highest BCUT2D eigenvalue weighted by Gasteiger charge is 1.97. The molecule has 1 N–H and O–H groups in total. The van der Waals surface area contributed by atoms with Crippen molar-refractivity contribution in [2.45, 2.75) is 13.8 Å². The number of hydrogen-bond acceptors (Lipinski definition) is 2. The second-order valence-electron chi connectivity index (χ2n) is 2.43. The summed E-state index contributed by atoms with van der Waals surface area (Å²) in [6, 6.07) is 0. The zero-order chi connectivity index (χ0) is 7.98. The molecule has 0 atom stereocenters. The van der Waals surface area contributed by atoms with E-state index in [1.165, 1.54) is 0 Å². The minimum atomic E-state index is 0.509. The molecule has 0 fully saturated rings. The highest BCUT2D eigenvalue weighted by Crippen LogP contribution is 1.97. The Bertz CT molecular complexity index is 134. The topological polar surface area (TPSA) is 24.4 Å². The van der Waals surface area contributed by atoms with E-state index in [1.807, 2.05) is 26.4 Å². The number of aliphatic imine (C=N–C) groups is 1. The Balaban J connectivity index is 3.98. The van der Waals surface area contributed by atoms with E-state index in [9.17, 15) is 0 Å². The highest BCUT2D eigenvalue weighted by molar-refractivity contribution is 5.96. The van der Waals surface area contributed by atoms with E-state index in [2.05, 4.69) is 24.2 Å². The molecule has 2 nitrogen and oxygen atoms in total. The van der Waals surface area contributed by atoms with Gasteiger partial charge in [0.05, 0.1) is 0 Å². The third-order valence-corrected chi connectivity index (χ3v) is 1.27. The molecule has 0 unspecified atom stereocenters. The van der Waals surface area contributed by atoms with Crippen LogP contribution in [0.5, 0.6) is 0 Å². The maximum atomic E-state index is 4.11. The van der Waals surface area contributed by atoms with Crippen LogP contribution in [0.3, 0.4) is 0 Å². The van der Waals surface area contributed by atoms with Gasteiger partial charge in [-0.25, -0.2) is 0 Å². The minimum absolute atomic E-state index is 0.509. The minimum Gasteiger partial charge on any atom is -0.394 e. The third kappa shape index (κ3) is 3.28. The van der Waals surface area contributed by atoms with Gasteiger partial charge in [0.25, 0.3) is 0 Å². The summed E-state index contributed by atoms with van der Waals surface area (Å²) in [5.74, 6) is 0.509. The molecule has 0 radical (unpaired) electrons. The normalized spacial score (nSPS) is 13.1. The molecule has 0 saturated heterocycles. The zero-order valence-electron chi connectivity index (χ0n) is 7.18. The van der Waals surface area contributed by atoms with E-state index >= 15 is 0 Å². The average molecular weight is 140 g/mol. The fourth-order valence-electron chi connectivity index (χ4n) is 0.694. The molecule has 0 aliphatic carbocycles. The molecule has 2 heteroatoms. The molecule has 0 aromatic carbocycles. The highest BCUT2D eigenvalue weighted by atomic mass is 14.8. The molecule has 0 aromatic heterocycles. The molecular formula is C8H16N2. The second-order valence-corrected chi connectivity index (χ2v) is 2.43. The van der Waals surface area contributed by atoms with Crippen LogP contribution < -0.4 is 5.32 Å². The summed E-state index contributed by atoms with van der Waals surface area (Å²) in [5.41, 5.74) is 1.12. The van der Waals surface area contributed by atoms with Crippen LogP contribution in [0.4, 0.5) is 0 Å². The fourth-order valence-corrected chi connectivity index (χ4v) is 0.694. The monoisotopic (exact) mass is 140 g/mol. The molecular weight excluding hydrogens is 124 g/mol. The number of hydrogen-bond donors (Lipinski definition) is 1. The van der Waals surface area contributed by atoms with E-state index in [1.54, 1.807) is 0 Å². The molecule has 0 aliphatic rings. The molecule has 58 valence electrons. The van der Waals surface area contributed by atoms with Crippen molar-refractivity contribution in [2.75, 3.05) is 14.1 Å². The Labute approximate surface area is 63.0 Å². The van der Waals surface area contributed by atoms with Gasteiger partial charge in [-0.05, 0) is 18.2 Å². The quantitative estimate of drug-likeness (QED) is 0.589. The van der Waals surface area contributed by atoms with Crippen LogP contribution >= 0.6 is 0 Å². The fraction of sp³-hybridized carbons (Fsp3) is 0.625. The van der Waals surface area contributed by atoms with Crippen molar-refractivity contribution in [1.82, 2.24) is 5.32 Å². The van der Waals surface area contributed by atoms with Crippen molar-refractivity contribution in [3.05, 3.63) is 12.3 Å². The first kappa shape index (κ1) is 9.21. The maximum absolute atomic E-state index is 4.11. The summed E-state index contributed by atoms with van der Waals surface area (Å²) in [6.07, 6.45) is 3.88. The van der Waals surface area contributed by atoms with Crippen LogP contribution in [-0.2, 0) is 0 Å². The maximum Gasteiger partial charge on any atom is 0.0384 e. The molecule has 0 spiro atoms. The van der Waals surface area contributed by atoms with Gasteiger partial charge in [0.1, 0.15) is 0 Å². The van der Waals surface area contributed by atoms with E-state index in [0.29, 0.717) is 5.92 Å². The van der Waals surface area contributed by atoms with Gasteiger partial charge in [-0.15, -0.1) is 0 Å². The van der Waals surface area contributed by atoms with E-state index in [4.69, 9.17) is 0 Å². The molecule has 0 amide bonds. The van der Waals surface area contributed by atoms with Crippen LogP contribution in [0.1, 0.15) is 13.8 Å². The van der Waals surface area contributed by atoms with Crippen molar-refractivity contribution >= 4 is 5.71 Å². The van der Waals surface area contributed by atoms with Crippen molar-refractivity contribution in [3.8, 4) is 0 Å². The van der Waals surface area contributed by atoms with Crippen LogP contribution in [0.2, 0.25) is 0 Å². The standard InChI is InChI=1S/C8H16N2/c1-7(2)8(10-4)5-6-9-3/h5-7,9H,1-4H3/b6-5-,10-8-. The molecule has 10 heavy (non-hydrogen) atoms. The molecule has 0 aromatic rings. The summed E-state index contributed by atoms with van der Waals surface area (Å²) in [4.78, 5) is 4.11. The van der Waals surface area contributed by atoms with Gasteiger partial charge in [-0.1, -0.05) is 13.8 Å². The third-order valence-electron chi connectivity index (χ3n) is 1.27. The number of nitrogens with one attached hydrogen (secondary N) is 1. The van der Waals surface area contributed by atoms with Crippen molar-refractivity contribution < 1.29 is 0 Å². The van der Waals surface area contributed by atoms with Crippen molar-refractivity contribution in [2.24, 2.45) is 10.9 Å². The number of rotatable bonds is 3. The van der Waals surface area contributed by atoms with Gasteiger partial charge < -0.3 is 5.32 Å². The Hall–Kier alpha value is -0.790. The van der Waals surface area contributed by atoms with Crippen LogP contribution in [0.15, 0.2) is 17.3 Å². The number of nitrogens with zero attached hydrogens (tertiary/aromatic N) is 1. The molecule has 0 heterocycles. The van der Waals surface area contributed by atoms with E-state index < -0.39 is 0 Å². The van der Waals surface area contributed by atoms with Crippen LogP contribution in [0, 0.1) is 5.92 Å². The summed E-state index contributed by atoms with van der Waals surface area (Å²) in [7, 11) is 3.69. The molecule has 0 rings (SSSR count). The first-order valence-electron chi connectivity index (χ1n) is 3.52. The van der Waals surface area contributed by atoms with Gasteiger partial charge in [0.2, 0.25) is 0 Å². The molecule has 0 bridgehead atoms. The first-order chi connectivity index (χ1) is 4.72. The number of allylic oxidation sites excluding steroid dienone is 1. The Morgan fingerprint density at radius 3 is 2.40 bits per heavy atom. The van der Waals surface area contributed by atoms with Crippen molar-refractivity contribution in [3.63, 3.8) is 0 Å². The summed E-state index contributed by atoms with van der Waals surface area (Å²) in [5, 5.41) is 2.93. The summed E-state index contributed by atoms with van der Waals surface area (Å²) in [6.45, 7) is 4.25. The first-order valence-corrected chi connectivity index (χ1v) is 3.52. The molecule has 0 aliphatic heterocycles. The van der Waals surface area contributed by atoms with Gasteiger partial charge in [0, 0.05) is 19.8 Å².